The van der Waals surface area contributed by atoms with Crippen LogP contribution in [-0.4, -0.2) is 16.6 Å². The van der Waals surface area contributed by atoms with E-state index in [1.165, 1.54) is 12.1 Å². The van der Waals surface area contributed by atoms with Crippen molar-refractivity contribution in [1.82, 2.24) is 9.97 Å². The molecule has 8 heteroatoms. The van der Waals surface area contributed by atoms with Crippen LogP contribution in [0.4, 0.5) is 17.6 Å². The Bertz CT molecular complexity index is 900. The van der Waals surface area contributed by atoms with Crippen molar-refractivity contribution in [1.29, 1.82) is 0 Å². The van der Waals surface area contributed by atoms with Crippen LogP contribution in [0.25, 0.3) is 0 Å². The Morgan fingerprint density at radius 2 is 1.57 bits per heavy atom. The van der Waals surface area contributed by atoms with E-state index in [2.05, 4.69) is 9.97 Å². The van der Waals surface area contributed by atoms with Crippen LogP contribution in [0.3, 0.4) is 0 Å². The van der Waals surface area contributed by atoms with E-state index in [9.17, 15) is 17.6 Å². The zero-order chi connectivity index (χ0) is 20.0. The van der Waals surface area contributed by atoms with E-state index in [1.807, 2.05) is 30.3 Å². The Morgan fingerprint density at radius 1 is 0.857 bits per heavy atom. The van der Waals surface area contributed by atoms with Crippen LogP contribution in [0.1, 0.15) is 16.7 Å². The van der Waals surface area contributed by atoms with Crippen LogP contribution in [0.15, 0.2) is 60.8 Å². The average molecular weight is 392 g/mol. The van der Waals surface area contributed by atoms with Crippen LogP contribution in [0, 0.1) is 5.82 Å². The lowest BCUT2D eigenvalue weighted by molar-refractivity contribution is -0.137. The fraction of sp³-hybridized carbons (Fsp3) is 0.200. The van der Waals surface area contributed by atoms with E-state index in [0.717, 1.165) is 23.9 Å². The molecule has 146 valence electrons. The van der Waals surface area contributed by atoms with Crippen molar-refractivity contribution in [3.8, 4) is 11.9 Å². The normalized spacial score (nSPS) is 11.3. The summed E-state index contributed by atoms with van der Waals surface area (Å²) in [6.45, 7) is 0.259. The van der Waals surface area contributed by atoms with Crippen LogP contribution in [-0.2, 0) is 19.2 Å². The summed E-state index contributed by atoms with van der Waals surface area (Å²) in [5, 5.41) is 0. The zero-order valence-corrected chi connectivity index (χ0v) is 14.6. The number of hydrogen-bond acceptors (Lipinski definition) is 4. The number of hydrogen-bond donors (Lipinski definition) is 0. The van der Waals surface area contributed by atoms with Gasteiger partial charge in [0.25, 0.3) is 5.88 Å². The zero-order valence-electron chi connectivity index (χ0n) is 14.6. The second-order valence-corrected chi connectivity index (χ2v) is 5.87. The average Bonchev–Trinajstić information content (AvgIpc) is 2.69. The van der Waals surface area contributed by atoms with Gasteiger partial charge in [-0.15, -0.1) is 0 Å². The summed E-state index contributed by atoms with van der Waals surface area (Å²) in [6, 6.07) is 14.0. The third-order valence-electron chi connectivity index (χ3n) is 3.81. The van der Waals surface area contributed by atoms with Crippen molar-refractivity contribution in [2.24, 2.45) is 0 Å². The van der Waals surface area contributed by atoms with Gasteiger partial charge in [0.15, 0.2) is 0 Å². The summed E-state index contributed by atoms with van der Waals surface area (Å²) in [4.78, 5) is 7.64. The highest BCUT2D eigenvalue weighted by atomic mass is 19.4. The summed E-state index contributed by atoms with van der Waals surface area (Å²) in [6.07, 6.45) is -3.14. The third-order valence-corrected chi connectivity index (χ3v) is 3.81. The van der Waals surface area contributed by atoms with E-state index in [4.69, 9.17) is 9.47 Å². The molecule has 0 saturated carbocycles. The van der Waals surface area contributed by atoms with Crippen molar-refractivity contribution in [2.75, 3.05) is 6.61 Å². The summed E-state index contributed by atoms with van der Waals surface area (Å²) in [5.41, 5.74) is 0.808. The minimum atomic E-state index is -4.38. The minimum absolute atomic E-state index is 0.0326. The smallest absolute Gasteiger partial charge is 0.416 e. The molecule has 0 bridgehead atoms. The highest BCUT2D eigenvalue weighted by molar-refractivity contribution is 5.25. The molecule has 4 nitrogen and oxygen atoms in total. The summed E-state index contributed by atoms with van der Waals surface area (Å²) >= 11 is 0. The van der Waals surface area contributed by atoms with Crippen molar-refractivity contribution >= 4 is 0 Å². The molecule has 2 aromatic carbocycles. The first-order valence-electron chi connectivity index (χ1n) is 8.40. The third kappa shape index (κ3) is 5.42. The predicted octanol–water partition coefficient (Wildman–Crippen LogP) is 4.84. The molecule has 1 heterocycles. The molecule has 0 N–H and O–H groups in total. The summed E-state index contributed by atoms with van der Waals surface area (Å²) in [5.74, 6) is -1.02. The first-order chi connectivity index (χ1) is 13.4. The quantitative estimate of drug-likeness (QED) is 0.540. The topological polar surface area (TPSA) is 44.2 Å². The molecule has 0 atom stereocenters. The number of nitrogens with zero attached hydrogens (tertiary/aromatic N) is 2. The van der Waals surface area contributed by atoms with E-state index < -0.39 is 17.6 Å². The van der Waals surface area contributed by atoms with Crippen molar-refractivity contribution < 1.29 is 27.0 Å². The van der Waals surface area contributed by atoms with E-state index in [1.54, 1.807) is 0 Å². The molecule has 3 aromatic rings. The van der Waals surface area contributed by atoms with Crippen molar-refractivity contribution in [2.45, 2.75) is 19.2 Å². The van der Waals surface area contributed by atoms with Gasteiger partial charge in [-0.1, -0.05) is 42.5 Å². The van der Waals surface area contributed by atoms with Gasteiger partial charge in [0.05, 0.1) is 18.4 Å². The molecule has 0 saturated heterocycles. The van der Waals surface area contributed by atoms with Gasteiger partial charge in [0.2, 0.25) is 5.82 Å². The van der Waals surface area contributed by atoms with Gasteiger partial charge in [-0.25, -0.2) is 4.98 Å². The number of halogens is 4. The first-order valence-corrected chi connectivity index (χ1v) is 8.40. The molecule has 0 radical (unpaired) electrons. The molecule has 0 fully saturated rings. The van der Waals surface area contributed by atoms with Crippen LogP contribution < -0.4 is 9.47 Å². The molecule has 3 rings (SSSR count). The molecule has 0 spiro atoms. The second-order valence-electron chi connectivity index (χ2n) is 5.87. The van der Waals surface area contributed by atoms with E-state index in [0.29, 0.717) is 12.0 Å². The van der Waals surface area contributed by atoms with E-state index in [-0.39, 0.29) is 25.1 Å². The van der Waals surface area contributed by atoms with Gasteiger partial charge in [0.1, 0.15) is 6.61 Å². The molecule has 0 aliphatic rings. The Morgan fingerprint density at radius 3 is 2.25 bits per heavy atom. The maximum absolute atomic E-state index is 13.8. The summed E-state index contributed by atoms with van der Waals surface area (Å²) < 4.78 is 62.2. The fourth-order valence-corrected chi connectivity index (χ4v) is 2.36. The highest BCUT2D eigenvalue weighted by Crippen LogP contribution is 2.29. The number of benzene rings is 2. The van der Waals surface area contributed by atoms with Crippen LogP contribution in [0.5, 0.6) is 11.9 Å². The summed E-state index contributed by atoms with van der Waals surface area (Å²) in [7, 11) is 0. The van der Waals surface area contributed by atoms with E-state index >= 15 is 0 Å². The standard InChI is InChI=1S/C20H16F4N2O2/c21-17-12-25-19(28-13-15-4-2-1-3-5-15)26-18(17)27-11-10-14-6-8-16(9-7-14)20(22,23)24/h1-9,12H,10-11,13H2. The lowest BCUT2D eigenvalue weighted by Crippen LogP contribution is -2.08. The molecule has 0 aliphatic carbocycles. The van der Waals surface area contributed by atoms with Crippen molar-refractivity contribution in [3.05, 3.63) is 83.3 Å². The Balaban J connectivity index is 1.55. The van der Waals surface area contributed by atoms with Gasteiger partial charge >= 0.3 is 12.2 Å². The number of alkyl halides is 3. The maximum Gasteiger partial charge on any atom is 0.416 e. The Kier molecular flexibility index (Phi) is 6.08. The molecular formula is C20H16F4N2O2. The number of aromatic nitrogens is 2. The SMILES string of the molecule is Fc1cnc(OCc2ccccc2)nc1OCCc1ccc(C(F)(F)F)cc1. The second kappa shape index (κ2) is 8.69. The lowest BCUT2D eigenvalue weighted by Gasteiger charge is -2.10. The van der Waals surface area contributed by atoms with Gasteiger partial charge < -0.3 is 9.47 Å². The Labute approximate surface area is 158 Å². The predicted molar refractivity (Wildman–Crippen MR) is 93.4 cm³/mol. The van der Waals surface area contributed by atoms with Gasteiger partial charge in [-0.3, -0.25) is 0 Å². The minimum Gasteiger partial charge on any atom is -0.475 e. The fourth-order valence-electron chi connectivity index (χ4n) is 2.36. The van der Waals surface area contributed by atoms with Gasteiger partial charge in [-0.2, -0.15) is 22.5 Å². The molecular weight excluding hydrogens is 376 g/mol. The number of ether oxygens (including phenoxy) is 2. The van der Waals surface area contributed by atoms with Gasteiger partial charge in [-0.05, 0) is 23.3 Å². The monoisotopic (exact) mass is 392 g/mol. The van der Waals surface area contributed by atoms with Gasteiger partial charge in [0, 0.05) is 6.42 Å². The van der Waals surface area contributed by atoms with Crippen molar-refractivity contribution in [3.63, 3.8) is 0 Å². The Hall–Kier alpha value is -3.16. The largest absolute Gasteiger partial charge is 0.475 e. The van der Waals surface area contributed by atoms with Crippen LogP contribution in [0.2, 0.25) is 0 Å². The maximum atomic E-state index is 13.8. The number of rotatable bonds is 7. The molecule has 0 amide bonds. The molecule has 28 heavy (non-hydrogen) atoms. The lowest BCUT2D eigenvalue weighted by atomic mass is 10.1. The first kappa shape index (κ1) is 19.6. The molecule has 0 unspecified atom stereocenters. The molecule has 0 aliphatic heterocycles. The molecule has 1 aromatic heterocycles. The highest BCUT2D eigenvalue weighted by Gasteiger charge is 2.29. The van der Waals surface area contributed by atoms with Crippen LogP contribution >= 0.6 is 0 Å².